The van der Waals surface area contributed by atoms with Crippen LogP contribution in [0, 0.1) is 12.3 Å². The first kappa shape index (κ1) is 20.0. The highest BCUT2D eigenvalue weighted by atomic mass is 32.1. The highest BCUT2D eigenvalue weighted by molar-refractivity contribution is 7.09. The molecule has 23 heavy (non-hydrogen) atoms. The minimum absolute atomic E-state index is 0.0513. The predicted molar refractivity (Wildman–Crippen MR) is 94.8 cm³/mol. The first-order chi connectivity index (χ1) is 10.4. The number of aromatic nitrogens is 1. The minimum Gasteiger partial charge on any atom is -0.481 e. The van der Waals surface area contributed by atoms with Crippen LogP contribution in [0.2, 0.25) is 19.1 Å². The number of aliphatic carboxylic acids is 1. The Hall–Kier alpha value is -1.05. The van der Waals surface area contributed by atoms with Crippen molar-refractivity contribution < 1.29 is 18.7 Å². The van der Waals surface area contributed by atoms with E-state index in [2.05, 4.69) is 25.8 Å². The van der Waals surface area contributed by atoms with Crippen molar-refractivity contribution in [3.05, 3.63) is 21.9 Å². The standard InChI is InChI=1S/C16H26FNO3SSi/c1-11-18-12(9-22-11)7-13(17)14(8-15(19)20)21-23(5,6)10-16(2,3)4/h7,9,14H,8,10H2,1-6H3,(H,19,20)/b13-7-/t14-/m0/s1. The lowest BCUT2D eigenvalue weighted by atomic mass is 10.0. The van der Waals surface area contributed by atoms with Crippen LogP contribution in [-0.2, 0) is 9.22 Å². The fourth-order valence-corrected chi connectivity index (χ4v) is 6.91. The van der Waals surface area contributed by atoms with Crippen LogP contribution in [-0.4, -0.2) is 30.5 Å². The van der Waals surface area contributed by atoms with Crippen molar-refractivity contribution in [1.82, 2.24) is 4.98 Å². The molecule has 0 fully saturated rings. The van der Waals surface area contributed by atoms with E-state index in [9.17, 15) is 9.18 Å². The third-order valence-electron chi connectivity index (χ3n) is 3.01. The summed E-state index contributed by atoms with van der Waals surface area (Å²) in [6.07, 6.45) is -0.163. The van der Waals surface area contributed by atoms with Crippen molar-refractivity contribution >= 4 is 31.7 Å². The Morgan fingerprint density at radius 3 is 2.57 bits per heavy atom. The van der Waals surface area contributed by atoms with Gasteiger partial charge in [-0.05, 0) is 37.6 Å². The molecule has 0 radical (unpaired) electrons. The van der Waals surface area contributed by atoms with Crippen LogP contribution in [0.5, 0.6) is 0 Å². The van der Waals surface area contributed by atoms with E-state index in [1.807, 2.05) is 20.0 Å². The molecular formula is C16H26FNO3SSi. The van der Waals surface area contributed by atoms with Gasteiger partial charge in [0.2, 0.25) is 0 Å². The highest BCUT2D eigenvalue weighted by Crippen LogP contribution is 2.31. The average Bonchev–Trinajstić information content (AvgIpc) is 2.69. The number of carboxylic acid groups (broad SMARTS) is 1. The van der Waals surface area contributed by atoms with Gasteiger partial charge in [-0.3, -0.25) is 4.79 Å². The van der Waals surface area contributed by atoms with Crippen molar-refractivity contribution in [3.63, 3.8) is 0 Å². The molecule has 0 aliphatic heterocycles. The van der Waals surface area contributed by atoms with E-state index in [4.69, 9.17) is 9.53 Å². The highest BCUT2D eigenvalue weighted by Gasteiger charge is 2.34. The number of hydrogen-bond donors (Lipinski definition) is 1. The summed E-state index contributed by atoms with van der Waals surface area (Å²) in [5.74, 6) is -1.65. The summed E-state index contributed by atoms with van der Waals surface area (Å²) in [6, 6.07) is 0.819. The third-order valence-corrected chi connectivity index (χ3v) is 6.63. The zero-order chi connectivity index (χ0) is 17.8. The van der Waals surface area contributed by atoms with Gasteiger partial charge in [0.1, 0.15) is 11.9 Å². The van der Waals surface area contributed by atoms with Crippen LogP contribution in [0.3, 0.4) is 0 Å². The number of carbonyl (C=O) groups is 1. The maximum atomic E-state index is 14.5. The molecule has 0 spiro atoms. The Morgan fingerprint density at radius 1 is 1.52 bits per heavy atom. The molecule has 1 atom stereocenters. The first-order valence-electron chi connectivity index (χ1n) is 7.57. The summed E-state index contributed by atoms with van der Waals surface area (Å²) in [4.78, 5) is 15.2. The molecule has 1 aromatic rings. The SMILES string of the molecule is Cc1nc(/C=C(\F)[C@H](CC(=O)O)O[Si](C)(C)CC(C)(C)C)cs1. The molecule has 1 N–H and O–H groups in total. The number of halogens is 1. The number of aryl methyl sites for hydroxylation is 1. The van der Waals surface area contributed by atoms with Crippen LogP contribution in [0.25, 0.3) is 6.08 Å². The van der Waals surface area contributed by atoms with Crippen molar-refractivity contribution in [2.45, 2.75) is 59.4 Å². The molecule has 1 heterocycles. The van der Waals surface area contributed by atoms with Crippen LogP contribution in [0.1, 0.15) is 37.9 Å². The molecular weight excluding hydrogens is 333 g/mol. The molecule has 0 saturated heterocycles. The summed E-state index contributed by atoms with van der Waals surface area (Å²) in [5.41, 5.74) is 0.551. The van der Waals surface area contributed by atoms with Gasteiger partial charge >= 0.3 is 5.97 Å². The van der Waals surface area contributed by atoms with Crippen molar-refractivity contribution in [2.24, 2.45) is 5.41 Å². The number of nitrogens with zero attached hydrogens (tertiary/aromatic N) is 1. The molecule has 130 valence electrons. The summed E-state index contributed by atoms with van der Waals surface area (Å²) in [7, 11) is -2.21. The fraction of sp³-hybridized carbons (Fsp3) is 0.625. The average molecular weight is 360 g/mol. The normalized spacial score (nSPS) is 14.8. The minimum atomic E-state index is -2.21. The van der Waals surface area contributed by atoms with Crippen molar-refractivity contribution in [2.75, 3.05) is 0 Å². The maximum Gasteiger partial charge on any atom is 0.306 e. The third kappa shape index (κ3) is 7.85. The molecule has 0 saturated carbocycles. The van der Waals surface area contributed by atoms with E-state index < -0.39 is 26.2 Å². The lowest BCUT2D eigenvalue weighted by Crippen LogP contribution is -2.39. The summed E-state index contributed by atoms with van der Waals surface area (Å²) in [6.45, 7) is 12.1. The Balaban J connectivity index is 2.95. The van der Waals surface area contributed by atoms with E-state index in [-0.39, 0.29) is 11.8 Å². The largest absolute Gasteiger partial charge is 0.481 e. The number of rotatable bonds is 7. The molecule has 7 heteroatoms. The van der Waals surface area contributed by atoms with Crippen LogP contribution >= 0.6 is 11.3 Å². The molecule has 0 aliphatic rings. The molecule has 1 rings (SSSR count). The van der Waals surface area contributed by atoms with Gasteiger partial charge in [0.05, 0.1) is 17.1 Å². The Bertz CT molecular complexity index is 578. The predicted octanol–water partition coefficient (Wildman–Crippen LogP) is 4.87. The monoisotopic (exact) mass is 359 g/mol. The van der Waals surface area contributed by atoms with E-state index in [1.54, 1.807) is 5.38 Å². The molecule has 0 aliphatic carbocycles. The maximum absolute atomic E-state index is 14.5. The fourth-order valence-electron chi connectivity index (χ4n) is 2.74. The molecule has 1 aromatic heterocycles. The number of hydrogen-bond acceptors (Lipinski definition) is 4. The van der Waals surface area contributed by atoms with Gasteiger partial charge in [0, 0.05) is 5.38 Å². The van der Waals surface area contributed by atoms with E-state index in [0.717, 1.165) is 11.1 Å². The van der Waals surface area contributed by atoms with Gasteiger partial charge in [-0.1, -0.05) is 20.8 Å². The second kappa shape index (κ2) is 7.68. The van der Waals surface area contributed by atoms with Gasteiger partial charge < -0.3 is 9.53 Å². The van der Waals surface area contributed by atoms with E-state index in [1.165, 1.54) is 17.4 Å². The molecule has 4 nitrogen and oxygen atoms in total. The summed E-state index contributed by atoms with van der Waals surface area (Å²) in [5, 5.41) is 11.6. The summed E-state index contributed by atoms with van der Waals surface area (Å²) >= 11 is 1.42. The Morgan fingerprint density at radius 2 is 2.13 bits per heavy atom. The van der Waals surface area contributed by atoms with Crippen LogP contribution in [0.4, 0.5) is 4.39 Å². The molecule has 0 amide bonds. The lowest BCUT2D eigenvalue weighted by Gasteiger charge is -2.33. The van der Waals surface area contributed by atoms with Gasteiger partial charge in [-0.2, -0.15) is 0 Å². The molecule has 0 aromatic carbocycles. The Kier molecular flexibility index (Phi) is 6.67. The molecule has 0 unspecified atom stereocenters. The van der Waals surface area contributed by atoms with Crippen molar-refractivity contribution in [3.8, 4) is 0 Å². The van der Waals surface area contributed by atoms with Gasteiger partial charge in [0.25, 0.3) is 0 Å². The van der Waals surface area contributed by atoms with Crippen LogP contribution in [0.15, 0.2) is 11.2 Å². The zero-order valence-corrected chi connectivity index (χ0v) is 16.5. The Labute approximate surface area is 142 Å². The zero-order valence-electron chi connectivity index (χ0n) is 14.6. The lowest BCUT2D eigenvalue weighted by molar-refractivity contribution is -0.138. The van der Waals surface area contributed by atoms with E-state index in [0.29, 0.717) is 5.69 Å². The van der Waals surface area contributed by atoms with E-state index >= 15 is 0 Å². The number of thiazole rings is 1. The van der Waals surface area contributed by atoms with Gasteiger partial charge in [-0.15, -0.1) is 11.3 Å². The smallest absolute Gasteiger partial charge is 0.306 e. The first-order valence-corrected chi connectivity index (χ1v) is 11.6. The van der Waals surface area contributed by atoms with Gasteiger partial charge in [-0.25, -0.2) is 9.37 Å². The summed E-state index contributed by atoms with van der Waals surface area (Å²) < 4.78 is 20.5. The quantitative estimate of drug-likeness (QED) is 0.705. The number of carboxylic acids is 1. The van der Waals surface area contributed by atoms with Gasteiger partial charge in [0.15, 0.2) is 8.32 Å². The molecule has 0 bridgehead atoms. The van der Waals surface area contributed by atoms with Crippen LogP contribution < -0.4 is 0 Å². The van der Waals surface area contributed by atoms with Crippen molar-refractivity contribution in [1.29, 1.82) is 0 Å². The second-order valence-corrected chi connectivity index (χ2v) is 12.7. The topological polar surface area (TPSA) is 59.4 Å². The second-order valence-electron chi connectivity index (χ2n) is 7.52.